The van der Waals surface area contributed by atoms with Crippen LogP contribution in [0, 0.1) is 11.3 Å². The van der Waals surface area contributed by atoms with Crippen molar-refractivity contribution in [3.8, 4) is 0 Å². The van der Waals surface area contributed by atoms with Gasteiger partial charge in [-0.25, -0.2) is 0 Å². The quantitative estimate of drug-likeness (QED) is 0.662. The zero-order chi connectivity index (χ0) is 12.2. The molecule has 0 radical (unpaired) electrons. The van der Waals surface area contributed by atoms with Gasteiger partial charge in [0.1, 0.15) is 0 Å². The molecule has 1 rings (SSSR count). The molecule has 0 saturated heterocycles. The predicted molar refractivity (Wildman–Crippen MR) is 67.4 cm³/mol. The van der Waals surface area contributed by atoms with Gasteiger partial charge < -0.3 is 9.47 Å². The van der Waals surface area contributed by atoms with Crippen LogP contribution in [0.3, 0.4) is 0 Å². The van der Waals surface area contributed by atoms with E-state index in [1.807, 2.05) is 6.92 Å². The fourth-order valence-corrected chi connectivity index (χ4v) is 2.60. The van der Waals surface area contributed by atoms with Crippen molar-refractivity contribution < 1.29 is 9.47 Å². The zero-order valence-electron chi connectivity index (χ0n) is 11.6. The standard InChI is InChI=1S/C14H28O2/c1-6-14(3,4)12-7-9-13(10-8-12)16-11(2)15-5/h11-13H,6-10H2,1-5H3. The number of rotatable bonds is 5. The van der Waals surface area contributed by atoms with E-state index in [0.29, 0.717) is 11.5 Å². The summed E-state index contributed by atoms with van der Waals surface area (Å²) >= 11 is 0. The maximum absolute atomic E-state index is 5.81. The normalized spacial score (nSPS) is 29.1. The van der Waals surface area contributed by atoms with E-state index in [0.717, 1.165) is 5.92 Å². The van der Waals surface area contributed by atoms with E-state index in [4.69, 9.17) is 9.47 Å². The highest BCUT2D eigenvalue weighted by Gasteiger charge is 2.32. The smallest absolute Gasteiger partial charge is 0.154 e. The molecule has 2 heteroatoms. The van der Waals surface area contributed by atoms with Crippen molar-refractivity contribution in [1.29, 1.82) is 0 Å². The second kappa shape index (κ2) is 6.02. The Bertz CT molecular complexity index is 193. The van der Waals surface area contributed by atoms with E-state index in [2.05, 4.69) is 20.8 Å². The summed E-state index contributed by atoms with van der Waals surface area (Å²) < 4.78 is 11.0. The van der Waals surface area contributed by atoms with Crippen LogP contribution in [0.5, 0.6) is 0 Å². The molecule has 0 aliphatic heterocycles. The SMILES string of the molecule is CCC(C)(C)C1CCC(OC(C)OC)CC1. The van der Waals surface area contributed by atoms with E-state index in [1.54, 1.807) is 7.11 Å². The lowest BCUT2D eigenvalue weighted by atomic mass is 9.69. The van der Waals surface area contributed by atoms with Crippen molar-refractivity contribution in [2.45, 2.75) is 72.2 Å². The summed E-state index contributed by atoms with van der Waals surface area (Å²) in [6.45, 7) is 9.07. The Morgan fingerprint density at radius 3 is 2.19 bits per heavy atom. The summed E-state index contributed by atoms with van der Waals surface area (Å²) in [5.74, 6) is 0.871. The van der Waals surface area contributed by atoms with Crippen LogP contribution >= 0.6 is 0 Å². The molecule has 1 aliphatic rings. The van der Waals surface area contributed by atoms with Crippen LogP contribution in [0.25, 0.3) is 0 Å². The van der Waals surface area contributed by atoms with Gasteiger partial charge >= 0.3 is 0 Å². The Balaban J connectivity index is 2.34. The summed E-state index contributed by atoms with van der Waals surface area (Å²) in [6.07, 6.45) is 6.64. The van der Waals surface area contributed by atoms with E-state index >= 15 is 0 Å². The van der Waals surface area contributed by atoms with E-state index in [9.17, 15) is 0 Å². The van der Waals surface area contributed by atoms with E-state index in [-0.39, 0.29) is 6.29 Å². The summed E-state index contributed by atoms with van der Waals surface area (Å²) in [6, 6.07) is 0. The molecule has 0 N–H and O–H groups in total. The molecule has 0 spiro atoms. The molecule has 1 aliphatic carbocycles. The summed E-state index contributed by atoms with van der Waals surface area (Å²) in [4.78, 5) is 0. The van der Waals surface area contributed by atoms with Gasteiger partial charge in [0.25, 0.3) is 0 Å². The highest BCUT2D eigenvalue weighted by Crippen LogP contribution is 2.41. The van der Waals surface area contributed by atoms with Crippen LogP contribution in [0.1, 0.15) is 59.8 Å². The molecule has 16 heavy (non-hydrogen) atoms. The number of hydrogen-bond donors (Lipinski definition) is 0. The highest BCUT2D eigenvalue weighted by molar-refractivity contribution is 4.82. The minimum Gasteiger partial charge on any atom is -0.356 e. The minimum atomic E-state index is -0.0549. The summed E-state index contributed by atoms with van der Waals surface area (Å²) in [5, 5.41) is 0. The van der Waals surface area contributed by atoms with Crippen LogP contribution < -0.4 is 0 Å². The Kier molecular flexibility index (Phi) is 5.26. The Morgan fingerprint density at radius 1 is 1.19 bits per heavy atom. The third-order valence-corrected chi connectivity index (χ3v) is 4.41. The van der Waals surface area contributed by atoms with Gasteiger partial charge in [-0.3, -0.25) is 0 Å². The molecule has 1 unspecified atom stereocenters. The molecular formula is C14H28O2. The summed E-state index contributed by atoms with van der Waals surface area (Å²) in [7, 11) is 1.70. The first-order valence-electron chi connectivity index (χ1n) is 6.68. The zero-order valence-corrected chi connectivity index (χ0v) is 11.6. The molecule has 1 atom stereocenters. The average Bonchev–Trinajstić information content (AvgIpc) is 2.29. The first-order chi connectivity index (χ1) is 7.49. The van der Waals surface area contributed by atoms with Gasteiger partial charge in [0, 0.05) is 7.11 Å². The van der Waals surface area contributed by atoms with Crippen molar-refractivity contribution in [2.24, 2.45) is 11.3 Å². The second-order valence-electron chi connectivity index (χ2n) is 5.76. The van der Waals surface area contributed by atoms with Crippen LogP contribution in [-0.4, -0.2) is 19.5 Å². The lowest BCUT2D eigenvalue weighted by molar-refractivity contribution is -0.155. The third kappa shape index (κ3) is 3.74. The highest BCUT2D eigenvalue weighted by atomic mass is 16.7. The fraction of sp³-hybridized carbons (Fsp3) is 1.00. The molecular weight excluding hydrogens is 200 g/mol. The Labute approximate surface area is 101 Å². The number of methoxy groups -OCH3 is 1. The Morgan fingerprint density at radius 2 is 1.75 bits per heavy atom. The predicted octanol–water partition coefficient (Wildman–Crippen LogP) is 3.99. The van der Waals surface area contributed by atoms with Gasteiger partial charge in [-0.05, 0) is 43.9 Å². The molecule has 0 bridgehead atoms. The fourth-order valence-electron chi connectivity index (χ4n) is 2.60. The van der Waals surface area contributed by atoms with Gasteiger partial charge in [-0.1, -0.05) is 27.2 Å². The molecule has 2 nitrogen and oxygen atoms in total. The second-order valence-corrected chi connectivity index (χ2v) is 5.76. The van der Waals surface area contributed by atoms with Crippen LogP contribution in [0.15, 0.2) is 0 Å². The molecule has 96 valence electrons. The van der Waals surface area contributed by atoms with Crippen molar-refractivity contribution in [1.82, 2.24) is 0 Å². The van der Waals surface area contributed by atoms with Gasteiger partial charge in [-0.2, -0.15) is 0 Å². The summed E-state index contributed by atoms with van der Waals surface area (Å²) in [5.41, 5.74) is 0.498. The maximum Gasteiger partial charge on any atom is 0.154 e. The largest absolute Gasteiger partial charge is 0.356 e. The number of ether oxygens (including phenoxy) is 2. The van der Waals surface area contributed by atoms with Gasteiger partial charge in [0.2, 0.25) is 0 Å². The van der Waals surface area contributed by atoms with Crippen molar-refractivity contribution >= 4 is 0 Å². The van der Waals surface area contributed by atoms with Crippen molar-refractivity contribution in [3.63, 3.8) is 0 Å². The van der Waals surface area contributed by atoms with E-state index in [1.165, 1.54) is 32.1 Å². The van der Waals surface area contributed by atoms with E-state index < -0.39 is 0 Å². The lowest BCUT2D eigenvalue weighted by Gasteiger charge is -2.39. The average molecular weight is 228 g/mol. The number of hydrogen-bond acceptors (Lipinski definition) is 2. The third-order valence-electron chi connectivity index (χ3n) is 4.41. The molecule has 1 fully saturated rings. The maximum atomic E-state index is 5.81. The first kappa shape index (κ1) is 14.0. The monoisotopic (exact) mass is 228 g/mol. The topological polar surface area (TPSA) is 18.5 Å². The molecule has 1 saturated carbocycles. The van der Waals surface area contributed by atoms with Crippen molar-refractivity contribution in [3.05, 3.63) is 0 Å². The molecule has 0 aromatic carbocycles. The van der Waals surface area contributed by atoms with Crippen molar-refractivity contribution in [2.75, 3.05) is 7.11 Å². The molecule has 0 aromatic rings. The van der Waals surface area contributed by atoms with Crippen LogP contribution in [-0.2, 0) is 9.47 Å². The first-order valence-corrected chi connectivity index (χ1v) is 6.68. The van der Waals surface area contributed by atoms with Gasteiger partial charge in [-0.15, -0.1) is 0 Å². The van der Waals surface area contributed by atoms with Crippen LogP contribution in [0.4, 0.5) is 0 Å². The molecule has 0 heterocycles. The Hall–Kier alpha value is -0.0800. The molecule has 0 amide bonds. The minimum absolute atomic E-state index is 0.0549. The lowest BCUT2D eigenvalue weighted by Crippen LogP contribution is -2.32. The van der Waals surface area contributed by atoms with Gasteiger partial charge in [0.05, 0.1) is 6.10 Å². The molecule has 0 aromatic heterocycles. The van der Waals surface area contributed by atoms with Crippen LogP contribution in [0.2, 0.25) is 0 Å². The van der Waals surface area contributed by atoms with Gasteiger partial charge in [0.15, 0.2) is 6.29 Å².